The van der Waals surface area contributed by atoms with E-state index in [1.54, 1.807) is 28.4 Å². The van der Waals surface area contributed by atoms with Gasteiger partial charge in [0.1, 0.15) is 12.2 Å². The van der Waals surface area contributed by atoms with Gasteiger partial charge in [-0.25, -0.2) is 0 Å². The molecular weight excluding hydrogens is 304 g/mol. The molecule has 0 aliphatic carbocycles. The Kier molecular flexibility index (Phi) is 7.21. The topological polar surface area (TPSA) is 64.6 Å². The average molecular weight is 334 g/mol. The van der Waals surface area contributed by atoms with E-state index in [1.165, 1.54) is 0 Å². The Hall–Kier alpha value is -0.280. The lowest BCUT2D eigenvalue weighted by Gasteiger charge is -2.44. The first-order chi connectivity index (χ1) is 11.0. The predicted octanol–water partition coefficient (Wildman–Crippen LogP) is 1.33. The van der Waals surface area contributed by atoms with Crippen molar-refractivity contribution in [1.29, 1.82) is 0 Å². The van der Waals surface area contributed by atoms with E-state index in [9.17, 15) is 0 Å². The molecule has 0 amide bonds. The molecule has 0 bridgehead atoms. The second-order valence-electron chi connectivity index (χ2n) is 6.10. The molecule has 2 aliphatic rings. The highest BCUT2D eigenvalue weighted by molar-refractivity contribution is 4.87. The number of ether oxygens (including phenoxy) is 7. The summed E-state index contributed by atoms with van der Waals surface area (Å²) >= 11 is 0. The van der Waals surface area contributed by atoms with Gasteiger partial charge in [-0.05, 0) is 13.8 Å². The third-order valence-corrected chi connectivity index (χ3v) is 4.69. The molecule has 0 N–H and O–H groups in total. The van der Waals surface area contributed by atoms with Crippen LogP contribution in [0.2, 0.25) is 0 Å². The minimum absolute atomic E-state index is 0.0683. The summed E-state index contributed by atoms with van der Waals surface area (Å²) in [6.45, 7) is 3.92. The van der Waals surface area contributed by atoms with E-state index < -0.39 is 0 Å². The van der Waals surface area contributed by atoms with Gasteiger partial charge in [0.15, 0.2) is 12.6 Å². The van der Waals surface area contributed by atoms with Gasteiger partial charge in [-0.3, -0.25) is 0 Å². The molecule has 136 valence electrons. The SMILES string of the molecule is COC1C[C@H](OC)[C@@H](O[C@H]2C[C@H](OC)[C@H](OC)[C@H](C)O2)[C@H](C)O1. The summed E-state index contributed by atoms with van der Waals surface area (Å²) in [5.74, 6) is 0. The fourth-order valence-corrected chi connectivity index (χ4v) is 3.41. The number of methoxy groups -OCH3 is 4. The van der Waals surface area contributed by atoms with Crippen LogP contribution in [0.3, 0.4) is 0 Å². The molecule has 2 aliphatic heterocycles. The first-order valence-electron chi connectivity index (χ1n) is 8.11. The van der Waals surface area contributed by atoms with Gasteiger partial charge in [0.05, 0.1) is 24.4 Å². The third-order valence-electron chi connectivity index (χ3n) is 4.69. The van der Waals surface area contributed by atoms with E-state index >= 15 is 0 Å². The van der Waals surface area contributed by atoms with Crippen LogP contribution < -0.4 is 0 Å². The highest BCUT2D eigenvalue weighted by Crippen LogP contribution is 2.30. The summed E-state index contributed by atoms with van der Waals surface area (Å²) in [5.41, 5.74) is 0. The van der Waals surface area contributed by atoms with E-state index in [2.05, 4.69) is 0 Å². The number of rotatable bonds is 6. The third kappa shape index (κ3) is 4.42. The van der Waals surface area contributed by atoms with E-state index in [4.69, 9.17) is 33.2 Å². The molecule has 8 atom stereocenters. The molecule has 7 heteroatoms. The minimum atomic E-state index is -0.380. The summed E-state index contributed by atoms with van der Waals surface area (Å²) in [6.07, 6.45) is -0.193. The lowest BCUT2D eigenvalue weighted by atomic mass is 10.00. The summed E-state index contributed by atoms with van der Waals surface area (Å²) in [6, 6.07) is 0. The van der Waals surface area contributed by atoms with Crippen LogP contribution in [0.5, 0.6) is 0 Å². The summed E-state index contributed by atoms with van der Waals surface area (Å²) in [4.78, 5) is 0. The van der Waals surface area contributed by atoms with Crippen molar-refractivity contribution in [2.45, 2.75) is 75.9 Å². The molecule has 2 heterocycles. The van der Waals surface area contributed by atoms with Crippen molar-refractivity contribution >= 4 is 0 Å². The largest absolute Gasteiger partial charge is 0.378 e. The minimum Gasteiger partial charge on any atom is -0.378 e. The van der Waals surface area contributed by atoms with Crippen LogP contribution in [-0.2, 0) is 33.2 Å². The molecule has 0 aromatic carbocycles. The van der Waals surface area contributed by atoms with E-state index in [0.29, 0.717) is 12.8 Å². The van der Waals surface area contributed by atoms with Crippen LogP contribution in [-0.4, -0.2) is 77.6 Å². The van der Waals surface area contributed by atoms with Crippen LogP contribution in [0.1, 0.15) is 26.7 Å². The van der Waals surface area contributed by atoms with Gasteiger partial charge >= 0.3 is 0 Å². The quantitative estimate of drug-likeness (QED) is 0.726. The van der Waals surface area contributed by atoms with Crippen molar-refractivity contribution < 1.29 is 33.2 Å². The van der Waals surface area contributed by atoms with Crippen molar-refractivity contribution in [3.63, 3.8) is 0 Å². The van der Waals surface area contributed by atoms with Crippen molar-refractivity contribution in [2.24, 2.45) is 0 Å². The zero-order valence-corrected chi connectivity index (χ0v) is 14.9. The fourth-order valence-electron chi connectivity index (χ4n) is 3.41. The van der Waals surface area contributed by atoms with Crippen LogP contribution in [0.4, 0.5) is 0 Å². The number of hydrogen-bond acceptors (Lipinski definition) is 7. The second-order valence-corrected chi connectivity index (χ2v) is 6.10. The molecule has 0 aromatic heterocycles. The highest BCUT2D eigenvalue weighted by atomic mass is 16.7. The molecule has 0 saturated carbocycles. The first-order valence-corrected chi connectivity index (χ1v) is 8.11. The smallest absolute Gasteiger partial charge is 0.161 e. The second kappa shape index (κ2) is 8.71. The van der Waals surface area contributed by atoms with Crippen molar-refractivity contribution in [3.8, 4) is 0 Å². The van der Waals surface area contributed by atoms with Gasteiger partial charge in [-0.1, -0.05) is 0 Å². The van der Waals surface area contributed by atoms with Gasteiger partial charge in [0.2, 0.25) is 0 Å². The Labute approximate surface area is 138 Å². The molecule has 0 radical (unpaired) electrons. The van der Waals surface area contributed by atoms with Crippen molar-refractivity contribution in [1.82, 2.24) is 0 Å². The lowest BCUT2D eigenvalue weighted by molar-refractivity contribution is -0.314. The molecular formula is C16H30O7. The maximum atomic E-state index is 6.17. The molecule has 7 nitrogen and oxygen atoms in total. The standard InChI is InChI=1S/C16H30O7/c1-9-15(20-6)11(17-3)8-14(22-9)23-16-10(2)21-13(19-5)7-12(16)18-4/h9-16H,7-8H2,1-6H3/t9-,10-,11-,12-,13?,14-,15+,16-/m0/s1. The molecule has 2 fully saturated rings. The van der Waals surface area contributed by atoms with Gasteiger partial charge in [0.25, 0.3) is 0 Å². The van der Waals surface area contributed by atoms with Gasteiger partial charge < -0.3 is 33.2 Å². The van der Waals surface area contributed by atoms with Crippen molar-refractivity contribution in [2.75, 3.05) is 28.4 Å². The van der Waals surface area contributed by atoms with E-state index in [-0.39, 0.29) is 49.2 Å². The van der Waals surface area contributed by atoms with Crippen LogP contribution in [0.25, 0.3) is 0 Å². The summed E-state index contributed by atoms with van der Waals surface area (Å²) in [5, 5.41) is 0. The van der Waals surface area contributed by atoms with Crippen molar-refractivity contribution in [3.05, 3.63) is 0 Å². The van der Waals surface area contributed by atoms with Crippen LogP contribution in [0, 0.1) is 0 Å². The Morgan fingerprint density at radius 3 is 1.74 bits per heavy atom. The Morgan fingerprint density at radius 2 is 1.17 bits per heavy atom. The highest BCUT2D eigenvalue weighted by Gasteiger charge is 2.43. The van der Waals surface area contributed by atoms with Crippen LogP contribution in [0.15, 0.2) is 0 Å². The lowest BCUT2D eigenvalue weighted by Crippen LogP contribution is -2.55. The molecule has 1 unspecified atom stereocenters. The zero-order valence-electron chi connectivity index (χ0n) is 14.9. The maximum absolute atomic E-state index is 6.17. The normalized spacial score (nSPS) is 45.1. The van der Waals surface area contributed by atoms with Gasteiger partial charge in [-0.2, -0.15) is 0 Å². The molecule has 2 rings (SSSR count). The molecule has 2 saturated heterocycles. The van der Waals surface area contributed by atoms with E-state index in [1.807, 2.05) is 13.8 Å². The van der Waals surface area contributed by atoms with E-state index in [0.717, 1.165) is 0 Å². The Bertz CT molecular complexity index is 353. The Morgan fingerprint density at radius 1 is 0.652 bits per heavy atom. The Balaban J connectivity index is 2.00. The summed E-state index contributed by atoms with van der Waals surface area (Å²) in [7, 11) is 6.65. The first kappa shape index (κ1) is 19.1. The van der Waals surface area contributed by atoms with Gasteiger partial charge in [0, 0.05) is 41.3 Å². The molecule has 23 heavy (non-hydrogen) atoms. The predicted molar refractivity (Wildman–Crippen MR) is 82.2 cm³/mol. The zero-order chi connectivity index (χ0) is 17.0. The van der Waals surface area contributed by atoms with Gasteiger partial charge in [-0.15, -0.1) is 0 Å². The molecule has 0 aromatic rings. The maximum Gasteiger partial charge on any atom is 0.161 e. The molecule has 0 spiro atoms. The average Bonchev–Trinajstić information content (AvgIpc) is 2.55. The summed E-state index contributed by atoms with van der Waals surface area (Å²) < 4.78 is 39.8. The van der Waals surface area contributed by atoms with Crippen LogP contribution >= 0.6 is 0 Å². The monoisotopic (exact) mass is 334 g/mol. The fraction of sp³-hybridized carbons (Fsp3) is 1.00. The number of hydrogen-bond donors (Lipinski definition) is 0.